The molecule has 1 aliphatic carbocycles. The molecule has 0 aromatic heterocycles. The lowest BCUT2D eigenvalue weighted by Gasteiger charge is -2.35. The summed E-state index contributed by atoms with van der Waals surface area (Å²) >= 11 is 0. The summed E-state index contributed by atoms with van der Waals surface area (Å²) in [6.07, 6.45) is -9.56. The number of unbranched alkanes of at least 4 members (excludes halogenated alkanes) is 1. The van der Waals surface area contributed by atoms with Crippen LogP contribution in [0.2, 0.25) is 0 Å². The zero-order valence-electron chi connectivity index (χ0n) is 49.1. The molecule has 0 unspecified atom stereocenters. The number of halogens is 9. The van der Waals surface area contributed by atoms with Crippen LogP contribution in [0.4, 0.5) is 62.3 Å². The number of fused-ring (bicyclic) bond motifs is 4. The Kier molecular flexibility index (Phi) is 23.7. The van der Waals surface area contributed by atoms with Gasteiger partial charge in [-0.15, -0.1) is 0 Å². The molecule has 0 saturated carbocycles. The lowest BCUT2D eigenvalue weighted by atomic mass is 9.89. The summed E-state index contributed by atoms with van der Waals surface area (Å²) in [7, 11) is 7.82. The highest BCUT2D eigenvalue weighted by Gasteiger charge is 2.40. The number of alkyl halides is 9. The molecule has 2 saturated heterocycles. The summed E-state index contributed by atoms with van der Waals surface area (Å²) in [4.78, 5) is 90.7. The number of carboxylic acids is 4. The van der Waals surface area contributed by atoms with E-state index < -0.39 is 42.4 Å². The Morgan fingerprint density at radius 3 is 1.79 bits per heavy atom. The number of aromatic carboxylic acids is 1. The van der Waals surface area contributed by atoms with Gasteiger partial charge in [0, 0.05) is 98.8 Å². The number of anilines is 4. The molecular formula is C61H65F9N8O12. The molecule has 4 aromatic carbocycles. The number of amides is 3. The van der Waals surface area contributed by atoms with E-state index in [9.17, 15) is 63.8 Å². The number of hydrogen-bond donors (Lipinski definition) is 5. The van der Waals surface area contributed by atoms with Gasteiger partial charge in [-0.1, -0.05) is 43.2 Å². The Hall–Kier alpha value is -9.09. The summed E-state index contributed by atoms with van der Waals surface area (Å²) in [5.41, 5.74) is 6.12. The third-order valence-electron chi connectivity index (χ3n) is 14.8. The number of benzene rings is 5. The number of piperazine rings is 1. The topological polar surface area (TPSA) is 260 Å². The molecule has 90 heavy (non-hydrogen) atoms. The second-order valence-corrected chi connectivity index (χ2v) is 21.5. The van der Waals surface area contributed by atoms with E-state index in [0.29, 0.717) is 70.6 Å². The molecule has 4 aromatic rings. The van der Waals surface area contributed by atoms with Crippen LogP contribution in [0.1, 0.15) is 63.2 Å². The average Bonchev–Trinajstić information content (AvgIpc) is 0.822. The van der Waals surface area contributed by atoms with Crippen molar-refractivity contribution in [2.45, 2.75) is 50.6 Å². The molecule has 0 spiro atoms. The van der Waals surface area contributed by atoms with E-state index in [-0.39, 0.29) is 28.8 Å². The first-order chi connectivity index (χ1) is 42.2. The molecule has 20 nitrogen and oxygen atoms in total. The largest absolute Gasteiger partial charge is 0.545 e. The minimum atomic E-state index is -5.08. The molecule has 3 amide bonds. The first kappa shape index (κ1) is 70.0. The maximum Gasteiger partial charge on any atom is 0.490 e. The highest BCUT2D eigenvalue weighted by atomic mass is 19.4. The second kappa shape index (κ2) is 30.4. The summed E-state index contributed by atoms with van der Waals surface area (Å²) < 4.78 is 104. The Morgan fingerprint density at radius 1 is 0.667 bits per heavy atom. The van der Waals surface area contributed by atoms with Gasteiger partial charge in [0.1, 0.15) is 25.4 Å². The third-order valence-corrected chi connectivity index (χ3v) is 14.8. The van der Waals surface area contributed by atoms with Gasteiger partial charge in [-0.25, -0.2) is 19.0 Å². The van der Waals surface area contributed by atoms with Crippen LogP contribution < -0.4 is 35.5 Å². The number of aliphatic carboxylic acids is 3. The van der Waals surface area contributed by atoms with Crippen LogP contribution >= 0.6 is 0 Å². The van der Waals surface area contributed by atoms with Crippen LogP contribution in [0, 0.1) is 5.92 Å². The minimum Gasteiger partial charge on any atom is -0.545 e. The summed E-state index contributed by atoms with van der Waals surface area (Å²) in [6.45, 7) is 8.13. The van der Waals surface area contributed by atoms with Gasteiger partial charge < -0.3 is 50.1 Å². The number of piperidine rings is 1. The quantitative estimate of drug-likeness (QED) is 0.0303. The minimum absolute atomic E-state index is 0.0344. The number of nitrogens with zero attached hydrogens (tertiary/aromatic N) is 6. The van der Waals surface area contributed by atoms with Crippen molar-refractivity contribution in [2.75, 3.05) is 109 Å². The Labute approximate surface area is 509 Å². The molecule has 5 aliphatic rings. The van der Waals surface area contributed by atoms with Crippen LogP contribution in [0.15, 0.2) is 108 Å². The Balaban J connectivity index is 0.000000527. The molecule has 9 rings (SSSR count). The van der Waals surface area contributed by atoms with E-state index in [0.717, 1.165) is 87.1 Å². The second-order valence-electron chi connectivity index (χ2n) is 21.5. The summed E-state index contributed by atoms with van der Waals surface area (Å²) in [6, 6.07) is 31.4. The van der Waals surface area contributed by atoms with E-state index in [4.69, 9.17) is 34.1 Å². The number of para-hydroxylation sites is 3. The predicted molar refractivity (Wildman–Crippen MR) is 311 cm³/mol. The number of carboxylic acid groups (broad SMARTS) is 4. The predicted octanol–water partition coefficient (Wildman–Crippen LogP) is 7.73. The zero-order chi connectivity index (χ0) is 66.4. The first-order valence-electron chi connectivity index (χ1n) is 28.0. The molecule has 2 fully saturated rings. The third kappa shape index (κ3) is 19.0. The SMILES string of the molecule is CN(C)c1ccc2c(-c3ccc(C(=O)NCCN4CCN(CCCCC5CCN(CC(=O)N6c7ccccc7NC(=O)c7ccccc76)CC5)CC4)cc3C(=O)[O-])c3ccc(=[N+](C)C)cc-3oc2c1.O=C(O)C(F)(F)F.O=C(O)C(F)(F)F.O=C(O)C(F)(F)F. The average molecular weight is 1270 g/mol. The monoisotopic (exact) mass is 1270 g/mol. The first-order valence-corrected chi connectivity index (χ1v) is 28.0. The van der Waals surface area contributed by atoms with E-state index in [1.807, 2.05) is 117 Å². The molecule has 484 valence electrons. The van der Waals surface area contributed by atoms with Gasteiger partial charge in [0.25, 0.3) is 11.8 Å². The number of nitrogens with one attached hydrogen (secondary N) is 2. The molecule has 4 aliphatic heterocycles. The zero-order valence-corrected chi connectivity index (χ0v) is 49.1. The van der Waals surface area contributed by atoms with Gasteiger partial charge in [-0.2, -0.15) is 39.5 Å². The summed E-state index contributed by atoms with van der Waals surface area (Å²) in [5.74, 6) is -8.93. The fourth-order valence-electron chi connectivity index (χ4n) is 10.1. The van der Waals surface area contributed by atoms with E-state index in [2.05, 4.69) is 25.3 Å². The Morgan fingerprint density at radius 2 is 1.22 bits per heavy atom. The normalized spacial score (nSPS) is 14.8. The molecule has 0 bridgehead atoms. The van der Waals surface area contributed by atoms with Gasteiger partial charge in [-0.05, 0) is 105 Å². The number of carbonyl (C=O) groups excluding carboxylic acids is 4. The maximum atomic E-state index is 13.9. The number of likely N-dealkylation sites (tertiary alicyclic amines) is 1. The fraction of sp³-hybridized carbons (Fsp3) is 0.377. The fourth-order valence-corrected chi connectivity index (χ4v) is 10.1. The van der Waals surface area contributed by atoms with Crippen molar-refractivity contribution in [3.8, 4) is 22.5 Å². The van der Waals surface area contributed by atoms with Crippen LogP contribution in [0.25, 0.3) is 33.4 Å². The maximum absolute atomic E-state index is 13.9. The number of carbonyl (C=O) groups is 7. The van der Waals surface area contributed by atoms with Crippen molar-refractivity contribution in [1.82, 2.24) is 24.6 Å². The van der Waals surface area contributed by atoms with Gasteiger partial charge in [0.2, 0.25) is 11.3 Å². The standard InChI is InChI=1S/C55H62N8O6.3C2HF3O2/c1-58(2)39-17-20-43-49(34-39)69-50-35-40(59(3)4)18-21-44(50)52(43)41-19-16-38(33-45(41)55(67)68)53(65)56-24-28-61-31-29-60(30-32-61)25-10-9-11-37-22-26-62(27-23-37)36-51(64)63-47-14-7-5-12-42(47)54(66)57-46-13-6-8-15-48(46)63;3*3-2(4,5)1(6)7/h5-8,12-21,33-35,37H,9-11,22-32,36H2,1-4H3,(H2-,56,57,65,66,67,68);3*(H,6,7). The molecule has 0 radical (unpaired) electrons. The lowest BCUT2D eigenvalue weighted by molar-refractivity contribution is -0.255. The van der Waals surface area contributed by atoms with E-state index in [1.54, 1.807) is 23.1 Å². The van der Waals surface area contributed by atoms with Crippen LogP contribution in [0.5, 0.6) is 0 Å². The van der Waals surface area contributed by atoms with Crippen LogP contribution in [-0.4, -0.2) is 184 Å². The number of rotatable bonds is 14. The van der Waals surface area contributed by atoms with Gasteiger partial charge >= 0.3 is 36.4 Å². The summed E-state index contributed by atoms with van der Waals surface area (Å²) in [5, 5.41) is 41.8. The van der Waals surface area contributed by atoms with Gasteiger partial charge in [0.15, 0.2) is 0 Å². The van der Waals surface area contributed by atoms with Gasteiger partial charge in [0.05, 0.1) is 41.2 Å². The molecule has 0 atom stereocenters. The Bertz CT molecular complexity index is 3550. The van der Waals surface area contributed by atoms with Crippen molar-refractivity contribution in [3.05, 3.63) is 125 Å². The lowest BCUT2D eigenvalue weighted by Crippen LogP contribution is -2.48. The van der Waals surface area contributed by atoms with Crippen molar-refractivity contribution in [2.24, 2.45) is 5.92 Å². The molecule has 4 heterocycles. The van der Waals surface area contributed by atoms with Crippen LogP contribution in [0.3, 0.4) is 0 Å². The van der Waals surface area contributed by atoms with E-state index in [1.165, 1.54) is 18.9 Å². The van der Waals surface area contributed by atoms with Crippen molar-refractivity contribution < 1.29 is 97.9 Å². The number of hydrogen-bond acceptors (Lipinski definition) is 13. The van der Waals surface area contributed by atoms with Crippen molar-refractivity contribution in [3.63, 3.8) is 0 Å². The molecular weight excluding hydrogens is 1210 g/mol. The highest BCUT2D eigenvalue weighted by molar-refractivity contribution is 6.18. The highest BCUT2D eigenvalue weighted by Crippen LogP contribution is 2.43. The van der Waals surface area contributed by atoms with E-state index >= 15 is 0 Å². The van der Waals surface area contributed by atoms with Crippen LogP contribution in [-0.2, 0) is 19.2 Å². The van der Waals surface area contributed by atoms with Crippen molar-refractivity contribution >= 4 is 75.3 Å². The molecule has 29 heteroatoms. The van der Waals surface area contributed by atoms with Gasteiger partial charge in [-0.3, -0.25) is 29.1 Å². The molecule has 5 N–H and O–H groups in total. The smallest absolute Gasteiger partial charge is 0.490 e. The van der Waals surface area contributed by atoms with Crippen molar-refractivity contribution in [1.29, 1.82) is 0 Å².